The lowest BCUT2D eigenvalue weighted by Crippen LogP contribution is -2.20. The molecule has 1 N–H and O–H groups in total. The van der Waals surface area contributed by atoms with E-state index in [1.54, 1.807) is 11.3 Å². The Hall–Kier alpha value is 0.320. The number of hydrogen-bond donors (Lipinski definition) is 1. The number of rotatable bonds is 4. The van der Waals surface area contributed by atoms with E-state index in [-0.39, 0.29) is 0 Å². The molecule has 2 rings (SSSR count). The van der Waals surface area contributed by atoms with Crippen molar-refractivity contribution < 1.29 is 0 Å². The summed E-state index contributed by atoms with van der Waals surface area (Å²) in [7, 11) is 0. The molecule has 2 aromatic rings. The van der Waals surface area contributed by atoms with E-state index in [4.69, 9.17) is 0 Å². The fourth-order valence-corrected chi connectivity index (χ4v) is 5.09. The molecule has 1 unspecified atom stereocenters. The molecule has 1 atom stereocenters. The maximum absolute atomic E-state index is 3.62. The topological polar surface area (TPSA) is 12.0 Å². The second-order valence-electron chi connectivity index (χ2n) is 3.73. The molecule has 0 aliphatic carbocycles. The van der Waals surface area contributed by atoms with Gasteiger partial charge in [-0.05, 0) is 68.4 Å². The number of nitrogens with one attached hydrogen (secondary N) is 1. The molecule has 0 saturated carbocycles. The lowest BCUT2D eigenvalue weighted by molar-refractivity contribution is 0.647. The largest absolute Gasteiger partial charge is 0.305 e. The Kier molecular flexibility index (Phi) is 4.83. The van der Waals surface area contributed by atoms with E-state index in [1.165, 1.54) is 23.6 Å². The molecule has 0 spiro atoms. The van der Waals surface area contributed by atoms with Crippen LogP contribution < -0.4 is 5.32 Å². The first-order chi connectivity index (χ1) is 8.13. The quantitative estimate of drug-likeness (QED) is 0.737. The molecule has 5 heteroatoms. The molecule has 2 heterocycles. The number of halogens is 2. The van der Waals surface area contributed by atoms with Crippen LogP contribution in [0.1, 0.15) is 28.3 Å². The van der Waals surface area contributed by atoms with Crippen LogP contribution >= 0.6 is 54.5 Å². The van der Waals surface area contributed by atoms with Gasteiger partial charge in [0.2, 0.25) is 0 Å². The summed E-state index contributed by atoms with van der Waals surface area (Å²) in [6.07, 6.45) is 0. The zero-order chi connectivity index (χ0) is 12.4. The second kappa shape index (κ2) is 5.97. The Morgan fingerprint density at radius 1 is 1.41 bits per heavy atom. The molecule has 2 aromatic heterocycles. The van der Waals surface area contributed by atoms with Crippen molar-refractivity contribution in [3.05, 3.63) is 41.1 Å². The van der Waals surface area contributed by atoms with Gasteiger partial charge in [0.25, 0.3) is 0 Å². The van der Waals surface area contributed by atoms with Gasteiger partial charge in [0.15, 0.2) is 0 Å². The molecule has 0 bridgehead atoms. The Morgan fingerprint density at radius 2 is 2.18 bits per heavy atom. The van der Waals surface area contributed by atoms with Gasteiger partial charge in [-0.2, -0.15) is 0 Å². The average Bonchev–Trinajstić information content (AvgIpc) is 2.83. The number of aryl methyl sites for hydroxylation is 1. The van der Waals surface area contributed by atoms with Gasteiger partial charge in [-0.15, -0.1) is 22.7 Å². The highest BCUT2D eigenvalue weighted by atomic mass is 79.9. The molecule has 1 nitrogen and oxygen atoms in total. The lowest BCUT2D eigenvalue weighted by atomic mass is 10.2. The summed E-state index contributed by atoms with van der Waals surface area (Å²) in [5.41, 5.74) is 1.31. The predicted molar refractivity (Wildman–Crippen MR) is 84.3 cm³/mol. The van der Waals surface area contributed by atoms with Crippen LogP contribution in [0.5, 0.6) is 0 Å². The van der Waals surface area contributed by atoms with Crippen molar-refractivity contribution >= 4 is 54.5 Å². The highest BCUT2D eigenvalue weighted by Gasteiger charge is 2.19. The van der Waals surface area contributed by atoms with E-state index in [1.807, 2.05) is 11.3 Å². The Balaban J connectivity index is 2.39. The molecule has 0 aromatic carbocycles. The van der Waals surface area contributed by atoms with Gasteiger partial charge < -0.3 is 5.32 Å². The third-order valence-corrected chi connectivity index (χ3v) is 6.61. The minimum atomic E-state index is 0.296. The van der Waals surface area contributed by atoms with Crippen molar-refractivity contribution in [2.24, 2.45) is 0 Å². The standard InChI is InChI=1S/C12H13Br2NS2/c1-3-15-10(11-8(13)4-5-16-11)9-6-7(2)12(14)17-9/h4-6,10,15H,3H2,1-2H3. The van der Waals surface area contributed by atoms with Crippen molar-refractivity contribution in [2.45, 2.75) is 19.9 Å². The van der Waals surface area contributed by atoms with E-state index in [9.17, 15) is 0 Å². The SMILES string of the molecule is CCNC(c1cc(C)c(Br)s1)c1sccc1Br. The van der Waals surface area contributed by atoms with E-state index in [0.717, 1.165) is 6.54 Å². The van der Waals surface area contributed by atoms with Crippen LogP contribution in [0.15, 0.2) is 25.8 Å². The molecule has 0 aliphatic rings. The minimum Gasteiger partial charge on any atom is -0.305 e. The molecule has 0 radical (unpaired) electrons. The van der Waals surface area contributed by atoms with E-state index in [2.05, 4.69) is 68.5 Å². The van der Waals surface area contributed by atoms with Crippen LogP contribution in [0.2, 0.25) is 0 Å². The normalized spacial score (nSPS) is 12.9. The Labute approximate surface area is 127 Å². The molecule has 0 saturated heterocycles. The van der Waals surface area contributed by atoms with Gasteiger partial charge in [0, 0.05) is 14.2 Å². The third-order valence-electron chi connectivity index (χ3n) is 2.48. The maximum atomic E-state index is 3.62. The lowest BCUT2D eigenvalue weighted by Gasteiger charge is -2.15. The van der Waals surface area contributed by atoms with Gasteiger partial charge in [-0.1, -0.05) is 6.92 Å². The van der Waals surface area contributed by atoms with Crippen molar-refractivity contribution in [1.82, 2.24) is 5.32 Å². The van der Waals surface area contributed by atoms with Crippen LogP contribution in [0.3, 0.4) is 0 Å². The number of thiophene rings is 2. The molecular weight excluding hydrogens is 382 g/mol. The smallest absolute Gasteiger partial charge is 0.0776 e. The van der Waals surface area contributed by atoms with Gasteiger partial charge in [-0.25, -0.2) is 0 Å². The zero-order valence-corrected chi connectivity index (χ0v) is 14.4. The molecule has 0 aliphatic heterocycles. The zero-order valence-electron chi connectivity index (χ0n) is 9.59. The minimum absolute atomic E-state index is 0.296. The van der Waals surface area contributed by atoms with E-state index in [0.29, 0.717) is 6.04 Å². The molecule has 0 fully saturated rings. The van der Waals surface area contributed by atoms with E-state index >= 15 is 0 Å². The van der Waals surface area contributed by atoms with Crippen molar-refractivity contribution in [3.8, 4) is 0 Å². The van der Waals surface area contributed by atoms with Crippen LogP contribution in [0, 0.1) is 6.92 Å². The first-order valence-corrected chi connectivity index (χ1v) is 8.63. The van der Waals surface area contributed by atoms with Crippen molar-refractivity contribution in [2.75, 3.05) is 6.54 Å². The summed E-state index contributed by atoms with van der Waals surface area (Å²) < 4.78 is 2.42. The molecule has 92 valence electrons. The fraction of sp³-hybridized carbons (Fsp3) is 0.333. The van der Waals surface area contributed by atoms with Crippen molar-refractivity contribution in [3.63, 3.8) is 0 Å². The highest BCUT2D eigenvalue weighted by Crippen LogP contribution is 2.38. The summed E-state index contributed by atoms with van der Waals surface area (Å²) in [6.45, 7) is 5.24. The van der Waals surface area contributed by atoms with Crippen LogP contribution in [0.25, 0.3) is 0 Å². The first-order valence-electron chi connectivity index (χ1n) is 5.35. The summed E-state index contributed by atoms with van der Waals surface area (Å²) in [6, 6.07) is 4.66. The van der Waals surface area contributed by atoms with Crippen LogP contribution in [-0.4, -0.2) is 6.54 Å². The molecular formula is C12H13Br2NS2. The van der Waals surface area contributed by atoms with Crippen LogP contribution in [0.4, 0.5) is 0 Å². The Bertz CT molecular complexity index is 485. The van der Waals surface area contributed by atoms with Crippen molar-refractivity contribution in [1.29, 1.82) is 0 Å². The fourth-order valence-electron chi connectivity index (χ4n) is 1.66. The summed E-state index contributed by atoms with van der Waals surface area (Å²) in [5, 5.41) is 5.68. The molecule has 17 heavy (non-hydrogen) atoms. The average molecular weight is 395 g/mol. The first kappa shape index (κ1) is 13.7. The van der Waals surface area contributed by atoms with Gasteiger partial charge in [-0.3, -0.25) is 0 Å². The second-order valence-corrected chi connectivity index (χ2v) is 7.93. The summed E-state index contributed by atoms with van der Waals surface area (Å²) >= 11 is 10.8. The van der Waals surface area contributed by atoms with Gasteiger partial charge in [0.1, 0.15) is 0 Å². The van der Waals surface area contributed by atoms with Gasteiger partial charge in [0.05, 0.1) is 9.83 Å². The maximum Gasteiger partial charge on any atom is 0.0776 e. The third kappa shape index (κ3) is 3.01. The number of hydrogen-bond acceptors (Lipinski definition) is 3. The molecule has 0 amide bonds. The summed E-state index contributed by atoms with van der Waals surface area (Å²) in [5.74, 6) is 0. The summed E-state index contributed by atoms with van der Waals surface area (Å²) in [4.78, 5) is 2.71. The highest BCUT2D eigenvalue weighted by molar-refractivity contribution is 9.11. The van der Waals surface area contributed by atoms with Crippen LogP contribution in [-0.2, 0) is 0 Å². The monoisotopic (exact) mass is 393 g/mol. The van der Waals surface area contributed by atoms with Gasteiger partial charge >= 0.3 is 0 Å². The Morgan fingerprint density at radius 3 is 2.65 bits per heavy atom. The van der Waals surface area contributed by atoms with E-state index < -0.39 is 0 Å². The predicted octanol–water partition coefficient (Wildman–Crippen LogP) is 5.34.